The van der Waals surface area contributed by atoms with Gasteiger partial charge in [-0.2, -0.15) is 0 Å². The first-order chi connectivity index (χ1) is 15.6. The molecular formula is C30H38IrNO3-. The number of pyridine rings is 1. The van der Waals surface area contributed by atoms with E-state index in [0.29, 0.717) is 0 Å². The van der Waals surface area contributed by atoms with Gasteiger partial charge in [0.05, 0.1) is 12.6 Å². The molecule has 0 atom stereocenters. The standard InChI is InChI=1S/C19H18NO.C11H20O2.Ir/c1-12-9-13(2)11-15(10-12)17-8-6-16-18(20-17)7-5-14(3)19(16)21-4;1-10(2,3)8(12)7-9(13)11(4,5)6;/h5-10H,1-4H3;7,12H,1-6H3;/q-1;;/b;8-7-;. The second kappa shape index (κ2) is 12.0. The van der Waals surface area contributed by atoms with Crippen molar-refractivity contribution in [2.75, 3.05) is 7.11 Å². The normalized spacial score (nSPS) is 11.9. The topological polar surface area (TPSA) is 59.4 Å². The van der Waals surface area contributed by atoms with Gasteiger partial charge in [-0.15, -0.1) is 34.9 Å². The Kier molecular flexibility index (Phi) is 10.4. The van der Waals surface area contributed by atoms with Crippen LogP contribution in [0.1, 0.15) is 58.2 Å². The third kappa shape index (κ3) is 8.30. The maximum atomic E-state index is 11.5. The Hall–Kier alpha value is -2.49. The molecule has 0 spiro atoms. The summed E-state index contributed by atoms with van der Waals surface area (Å²) in [6.07, 6.45) is 1.33. The van der Waals surface area contributed by atoms with E-state index in [1.54, 1.807) is 7.11 Å². The van der Waals surface area contributed by atoms with Crippen LogP contribution in [0.15, 0.2) is 48.2 Å². The molecule has 5 heteroatoms. The van der Waals surface area contributed by atoms with Crippen molar-refractivity contribution < 1.29 is 34.7 Å². The van der Waals surface area contributed by atoms with E-state index in [0.717, 1.165) is 39.0 Å². The molecule has 191 valence electrons. The van der Waals surface area contributed by atoms with E-state index in [2.05, 4.69) is 38.1 Å². The number of ether oxygens (including phenoxy) is 1. The molecule has 0 aliphatic rings. The quantitative estimate of drug-likeness (QED) is 0.179. The van der Waals surface area contributed by atoms with Crippen molar-refractivity contribution in [3.8, 4) is 17.0 Å². The number of hydrogen-bond acceptors (Lipinski definition) is 4. The summed E-state index contributed by atoms with van der Waals surface area (Å²) < 4.78 is 5.49. The van der Waals surface area contributed by atoms with Gasteiger partial charge in [-0.25, -0.2) is 0 Å². The molecule has 2 aromatic carbocycles. The second-order valence-corrected chi connectivity index (χ2v) is 10.8. The predicted molar refractivity (Wildman–Crippen MR) is 141 cm³/mol. The summed E-state index contributed by atoms with van der Waals surface area (Å²) in [6.45, 7) is 17.3. The number of aliphatic hydroxyl groups is 1. The maximum absolute atomic E-state index is 11.5. The minimum absolute atomic E-state index is 0. The van der Waals surface area contributed by atoms with Crippen LogP contribution in [0.2, 0.25) is 0 Å². The van der Waals surface area contributed by atoms with Crippen molar-refractivity contribution in [1.29, 1.82) is 0 Å². The number of aromatic nitrogens is 1. The smallest absolute Gasteiger partial charge is 0.164 e. The summed E-state index contributed by atoms with van der Waals surface area (Å²) in [6, 6.07) is 15.8. The SMILES string of the molecule is CC(C)(C)C(=O)/C=C(\O)C(C)(C)C.COc1c(C)ccc2nc(-c3[c-]c(C)cc(C)c3)ccc12.[Ir]. The van der Waals surface area contributed by atoms with E-state index in [-0.39, 0.29) is 37.1 Å². The Morgan fingerprint density at radius 3 is 2.11 bits per heavy atom. The van der Waals surface area contributed by atoms with Crippen molar-refractivity contribution in [3.05, 3.63) is 71.0 Å². The largest absolute Gasteiger partial charge is 0.512 e. The molecule has 4 nitrogen and oxygen atoms in total. The predicted octanol–water partition coefficient (Wildman–Crippen LogP) is 7.72. The number of rotatable bonds is 3. The third-order valence-electron chi connectivity index (χ3n) is 5.42. The molecule has 1 N–H and O–H groups in total. The number of carbonyl (C=O) groups is 1. The zero-order valence-electron chi connectivity index (χ0n) is 22.6. The number of ketones is 1. The summed E-state index contributed by atoms with van der Waals surface area (Å²) in [7, 11) is 1.70. The van der Waals surface area contributed by atoms with Crippen LogP contribution < -0.4 is 4.74 Å². The first-order valence-corrected chi connectivity index (χ1v) is 11.5. The Bertz CT molecular complexity index is 1190. The minimum atomic E-state index is -0.417. The molecule has 1 heterocycles. The average molecular weight is 653 g/mol. The molecule has 0 saturated carbocycles. The van der Waals surface area contributed by atoms with Crippen LogP contribution in [0, 0.1) is 37.7 Å². The summed E-state index contributed by atoms with van der Waals surface area (Å²) in [5, 5.41) is 10.6. The number of fused-ring (bicyclic) bond motifs is 1. The Morgan fingerprint density at radius 2 is 1.60 bits per heavy atom. The zero-order chi connectivity index (χ0) is 25.8. The first-order valence-electron chi connectivity index (χ1n) is 11.5. The fraction of sp³-hybridized carbons (Fsp3) is 0.400. The van der Waals surface area contributed by atoms with Gasteiger partial charge in [0, 0.05) is 42.4 Å². The summed E-state index contributed by atoms with van der Waals surface area (Å²) in [5.74, 6) is 1.00. The van der Waals surface area contributed by atoms with E-state index in [9.17, 15) is 9.90 Å². The number of aryl methyl sites for hydroxylation is 3. The fourth-order valence-corrected chi connectivity index (χ4v) is 3.30. The number of hydrogen-bond donors (Lipinski definition) is 1. The zero-order valence-corrected chi connectivity index (χ0v) is 25.0. The number of benzene rings is 2. The molecule has 0 aliphatic heterocycles. The van der Waals surface area contributed by atoms with Gasteiger partial charge in [-0.05, 0) is 24.2 Å². The Labute approximate surface area is 224 Å². The van der Waals surface area contributed by atoms with Crippen molar-refractivity contribution in [3.63, 3.8) is 0 Å². The van der Waals surface area contributed by atoms with Crippen molar-refractivity contribution >= 4 is 16.7 Å². The maximum Gasteiger partial charge on any atom is 0.164 e. The molecular weight excluding hydrogens is 615 g/mol. The van der Waals surface area contributed by atoms with Gasteiger partial charge in [-0.3, -0.25) is 9.78 Å². The van der Waals surface area contributed by atoms with Gasteiger partial charge in [0.1, 0.15) is 11.5 Å². The van der Waals surface area contributed by atoms with Crippen LogP contribution >= 0.6 is 0 Å². The second-order valence-electron chi connectivity index (χ2n) is 10.8. The first kappa shape index (κ1) is 30.5. The summed E-state index contributed by atoms with van der Waals surface area (Å²) >= 11 is 0. The number of allylic oxidation sites excluding steroid dienone is 2. The van der Waals surface area contributed by atoms with Gasteiger partial charge < -0.3 is 9.84 Å². The van der Waals surface area contributed by atoms with Gasteiger partial charge in [-0.1, -0.05) is 73.6 Å². The average Bonchev–Trinajstić information content (AvgIpc) is 2.71. The number of methoxy groups -OCH3 is 1. The molecule has 3 aromatic rings. The van der Waals surface area contributed by atoms with Gasteiger partial charge in [0.25, 0.3) is 0 Å². The van der Waals surface area contributed by atoms with E-state index < -0.39 is 5.41 Å². The van der Waals surface area contributed by atoms with Crippen LogP contribution in [-0.2, 0) is 24.9 Å². The van der Waals surface area contributed by atoms with E-state index >= 15 is 0 Å². The molecule has 1 aromatic heterocycles. The molecule has 3 rings (SSSR count). The third-order valence-corrected chi connectivity index (χ3v) is 5.42. The molecule has 0 fully saturated rings. The van der Waals surface area contributed by atoms with Crippen molar-refractivity contribution in [1.82, 2.24) is 4.98 Å². The van der Waals surface area contributed by atoms with E-state index in [1.165, 1.54) is 11.6 Å². The summed E-state index contributed by atoms with van der Waals surface area (Å²) in [5.41, 5.74) is 5.65. The molecule has 0 saturated heterocycles. The Balaban J connectivity index is 0.000000383. The van der Waals surface area contributed by atoms with Crippen LogP contribution in [0.4, 0.5) is 0 Å². The number of nitrogens with zero attached hydrogens (tertiary/aromatic N) is 1. The van der Waals surface area contributed by atoms with Crippen LogP contribution in [-0.4, -0.2) is 23.0 Å². The monoisotopic (exact) mass is 653 g/mol. The number of aliphatic hydroxyl groups excluding tert-OH is 1. The number of carbonyl (C=O) groups excluding carboxylic acids is 1. The minimum Gasteiger partial charge on any atom is -0.512 e. The van der Waals surface area contributed by atoms with Crippen molar-refractivity contribution in [2.45, 2.75) is 62.3 Å². The van der Waals surface area contributed by atoms with E-state index in [1.807, 2.05) is 66.7 Å². The van der Waals surface area contributed by atoms with Crippen LogP contribution in [0.3, 0.4) is 0 Å². The molecule has 0 bridgehead atoms. The van der Waals surface area contributed by atoms with E-state index in [4.69, 9.17) is 9.72 Å². The van der Waals surface area contributed by atoms with Crippen molar-refractivity contribution in [2.24, 2.45) is 10.8 Å². The fourth-order valence-electron chi connectivity index (χ4n) is 3.30. The Morgan fingerprint density at radius 1 is 0.971 bits per heavy atom. The van der Waals surface area contributed by atoms with Crippen LogP contribution in [0.25, 0.3) is 22.2 Å². The van der Waals surface area contributed by atoms with Gasteiger partial charge >= 0.3 is 0 Å². The molecule has 1 radical (unpaired) electrons. The van der Waals surface area contributed by atoms with Gasteiger partial charge in [0.15, 0.2) is 5.78 Å². The van der Waals surface area contributed by atoms with Gasteiger partial charge in [0.2, 0.25) is 0 Å². The molecule has 0 aliphatic carbocycles. The molecule has 0 unspecified atom stereocenters. The summed E-state index contributed by atoms with van der Waals surface area (Å²) in [4.78, 5) is 16.3. The molecule has 35 heavy (non-hydrogen) atoms. The molecule has 0 amide bonds. The van der Waals surface area contributed by atoms with Crippen LogP contribution in [0.5, 0.6) is 5.75 Å².